The van der Waals surface area contributed by atoms with Crippen molar-refractivity contribution in [2.24, 2.45) is 0 Å². The lowest BCUT2D eigenvalue weighted by Crippen LogP contribution is -2.23. The van der Waals surface area contributed by atoms with E-state index < -0.39 is 10.0 Å². The molecule has 98 valence electrons. The highest BCUT2D eigenvalue weighted by Gasteiger charge is 2.13. The summed E-state index contributed by atoms with van der Waals surface area (Å²) in [7, 11) is 6.83. The highest BCUT2D eigenvalue weighted by Crippen LogP contribution is 2.17. The Bertz CT molecular complexity index is 661. The van der Waals surface area contributed by atoms with Crippen LogP contribution in [0.5, 0.6) is 0 Å². The smallest absolute Gasteiger partial charge is 0.261 e. The average Bonchev–Trinajstić information content (AvgIpc) is 2.39. The molecule has 2 rings (SSSR count). The third-order valence-corrected chi connectivity index (χ3v) is 3.85. The average molecular weight is 283 g/mol. The van der Waals surface area contributed by atoms with Crippen LogP contribution in [0.3, 0.4) is 0 Å². The first-order chi connectivity index (χ1) is 9.47. The molecule has 2 N–H and O–H groups in total. The van der Waals surface area contributed by atoms with Gasteiger partial charge in [-0.2, -0.15) is 0 Å². The Morgan fingerprint density at radius 1 is 0.850 bits per heavy atom. The first kappa shape index (κ1) is 14.5. The number of nitrogens with one attached hydrogen (secondary N) is 2. The minimum atomic E-state index is -3.61. The van der Waals surface area contributed by atoms with Gasteiger partial charge in [-0.1, -0.05) is 18.2 Å². The summed E-state index contributed by atoms with van der Waals surface area (Å²) in [6.45, 7) is 0. The van der Waals surface area contributed by atoms with Crippen molar-refractivity contribution in [1.82, 2.24) is 4.83 Å². The number of rotatable bonds is 5. The third-order valence-electron chi connectivity index (χ3n) is 2.45. The number of sulfonamides is 1. The van der Waals surface area contributed by atoms with E-state index in [1.807, 2.05) is 6.07 Å². The van der Waals surface area contributed by atoms with Gasteiger partial charge in [0.25, 0.3) is 10.0 Å². The van der Waals surface area contributed by atoms with Gasteiger partial charge in [0, 0.05) is 11.4 Å². The summed E-state index contributed by atoms with van der Waals surface area (Å²) in [6.07, 6.45) is 0. The molecule has 0 unspecified atom stereocenters. The van der Waals surface area contributed by atoms with Gasteiger partial charge in [0.2, 0.25) is 0 Å². The lowest BCUT2D eigenvalue weighted by atomic mass is 10.2. The van der Waals surface area contributed by atoms with Crippen LogP contribution < -0.4 is 10.1 Å². The Hall–Kier alpha value is -1.92. The second kappa shape index (κ2) is 6.02. The SMILES string of the molecule is [B]N([B])Nc1ccc(S(=O)(=O)Nc2ccccc2)cc1. The summed E-state index contributed by atoms with van der Waals surface area (Å²) < 4.78 is 26.8. The molecule has 0 spiro atoms. The number of hydrogen-bond donors (Lipinski definition) is 2. The number of anilines is 2. The van der Waals surface area contributed by atoms with E-state index in [-0.39, 0.29) is 4.90 Å². The highest BCUT2D eigenvalue weighted by atomic mass is 32.2. The molecule has 0 atom stereocenters. The molecular weight excluding hydrogens is 272 g/mol. The molecule has 2 aromatic rings. The molecule has 0 saturated carbocycles. The fraction of sp³-hybridized carbons (Fsp3) is 0. The first-order valence-electron chi connectivity index (χ1n) is 5.71. The van der Waals surface area contributed by atoms with Crippen LogP contribution in [0.25, 0.3) is 0 Å². The number of para-hydroxylation sites is 1. The highest BCUT2D eigenvalue weighted by molar-refractivity contribution is 7.92. The maximum Gasteiger partial charge on any atom is 0.261 e. The van der Waals surface area contributed by atoms with Crippen molar-refractivity contribution >= 4 is 37.4 Å². The fourth-order valence-electron chi connectivity index (χ4n) is 1.58. The van der Waals surface area contributed by atoms with Gasteiger partial charge in [0.05, 0.1) is 4.90 Å². The molecule has 0 amide bonds. The minimum absolute atomic E-state index is 0.146. The third kappa shape index (κ3) is 3.79. The lowest BCUT2D eigenvalue weighted by Gasteiger charge is -2.15. The summed E-state index contributed by atoms with van der Waals surface area (Å²) >= 11 is 0. The number of hydrazine groups is 1. The van der Waals surface area contributed by atoms with Gasteiger partial charge in [0.1, 0.15) is 0 Å². The Labute approximate surface area is 120 Å². The minimum Gasteiger partial charge on any atom is -0.342 e. The summed E-state index contributed by atoms with van der Waals surface area (Å²) in [4.78, 5) is 0.929. The molecule has 0 aromatic heterocycles. The maximum absolute atomic E-state index is 12.1. The van der Waals surface area contributed by atoms with Gasteiger partial charge >= 0.3 is 0 Å². The van der Waals surface area contributed by atoms with Crippen LogP contribution in [0, 0.1) is 0 Å². The Kier molecular flexibility index (Phi) is 4.36. The van der Waals surface area contributed by atoms with E-state index in [2.05, 4.69) is 10.1 Å². The zero-order valence-corrected chi connectivity index (χ0v) is 11.3. The first-order valence-corrected chi connectivity index (χ1v) is 7.20. The van der Waals surface area contributed by atoms with Gasteiger partial charge in [-0.3, -0.25) is 4.72 Å². The second-order valence-electron chi connectivity index (χ2n) is 4.01. The molecule has 5 nitrogen and oxygen atoms in total. The second-order valence-corrected chi connectivity index (χ2v) is 5.70. The van der Waals surface area contributed by atoms with Gasteiger partial charge in [0.15, 0.2) is 16.0 Å². The van der Waals surface area contributed by atoms with E-state index in [1.165, 1.54) is 12.1 Å². The molecular formula is C12H11B2N3O2S. The lowest BCUT2D eigenvalue weighted by molar-refractivity contribution is 0.601. The van der Waals surface area contributed by atoms with Crippen molar-refractivity contribution in [2.45, 2.75) is 4.90 Å². The Morgan fingerprint density at radius 3 is 2.00 bits per heavy atom. The standard InChI is InChI=1S/C12H11B2N3O2S/c13-17(14)15-10-6-8-12(9-7-10)20(18,19)16-11-4-2-1-3-5-11/h1-9,15-16H. The molecule has 0 aliphatic heterocycles. The number of hydrogen-bond acceptors (Lipinski definition) is 4. The zero-order chi connectivity index (χ0) is 14.6. The van der Waals surface area contributed by atoms with E-state index in [0.29, 0.717) is 11.4 Å². The summed E-state index contributed by atoms with van der Waals surface area (Å²) in [6, 6.07) is 14.7. The van der Waals surface area contributed by atoms with Crippen molar-refractivity contribution < 1.29 is 8.42 Å². The fourth-order valence-corrected chi connectivity index (χ4v) is 2.64. The van der Waals surface area contributed by atoms with Crippen LogP contribution in [0.2, 0.25) is 0 Å². The summed E-state index contributed by atoms with van der Waals surface area (Å²) in [5.74, 6) is 0. The molecule has 8 heteroatoms. The van der Waals surface area contributed by atoms with Crippen LogP contribution >= 0.6 is 0 Å². The van der Waals surface area contributed by atoms with Crippen molar-refractivity contribution in [3.63, 3.8) is 0 Å². The van der Waals surface area contributed by atoms with E-state index in [0.717, 1.165) is 4.83 Å². The molecule has 0 heterocycles. The van der Waals surface area contributed by atoms with Gasteiger partial charge in [-0.25, -0.2) is 8.42 Å². The number of nitrogens with zero attached hydrogens (tertiary/aromatic N) is 1. The molecule has 4 radical (unpaired) electrons. The summed E-state index contributed by atoms with van der Waals surface area (Å²) in [5, 5.41) is 0. The van der Waals surface area contributed by atoms with Crippen molar-refractivity contribution in [1.29, 1.82) is 0 Å². The van der Waals surface area contributed by atoms with Gasteiger partial charge in [-0.05, 0) is 36.4 Å². The van der Waals surface area contributed by atoms with Crippen molar-refractivity contribution in [3.8, 4) is 0 Å². The van der Waals surface area contributed by atoms with Crippen LogP contribution in [-0.2, 0) is 10.0 Å². The maximum atomic E-state index is 12.1. The normalized spacial score (nSPS) is 11.2. The molecule has 0 aliphatic carbocycles. The van der Waals surface area contributed by atoms with E-state index in [9.17, 15) is 8.42 Å². The molecule has 0 saturated heterocycles. The van der Waals surface area contributed by atoms with Crippen LogP contribution in [0.15, 0.2) is 59.5 Å². The van der Waals surface area contributed by atoms with Gasteiger partial charge in [-0.15, -0.1) is 0 Å². The van der Waals surface area contributed by atoms with Crippen molar-refractivity contribution in [3.05, 3.63) is 54.6 Å². The van der Waals surface area contributed by atoms with Gasteiger partial charge < -0.3 is 10.3 Å². The van der Waals surface area contributed by atoms with Crippen LogP contribution in [0.1, 0.15) is 0 Å². The molecule has 0 aliphatic rings. The molecule has 2 aromatic carbocycles. The topological polar surface area (TPSA) is 61.4 Å². The predicted molar refractivity (Wildman–Crippen MR) is 80.7 cm³/mol. The summed E-state index contributed by atoms with van der Waals surface area (Å²) in [5.41, 5.74) is 3.69. The van der Waals surface area contributed by atoms with E-state index in [4.69, 9.17) is 16.0 Å². The van der Waals surface area contributed by atoms with E-state index >= 15 is 0 Å². The molecule has 0 bridgehead atoms. The van der Waals surface area contributed by atoms with Crippen LogP contribution in [0.4, 0.5) is 11.4 Å². The van der Waals surface area contributed by atoms with E-state index in [1.54, 1.807) is 36.4 Å². The molecule has 0 fully saturated rings. The quantitative estimate of drug-likeness (QED) is 0.641. The molecule has 20 heavy (non-hydrogen) atoms. The Balaban J connectivity index is 2.17. The number of benzene rings is 2. The van der Waals surface area contributed by atoms with Crippen LogP contribution in [-0.4, -0.2) is 29.2 Å². The monoisotopic (exact) mass is 283 g/mol. The predicted octanol–water partition coefficient (Wildman–Crippen LogP) is 1.28. The largest absolute Gasteiger partial charge is 0.342 e. The zero-order valence-electron chi connectivity index (χ0n) is 10.5. The van der Waals surface area contributed by atoms with Crippen molar-refractivity contribution in [2.75, 3.05) is 10.1 Å². The Morgan fingerprint density at radius 2 is 1.45 bits per heavy atom.